The largest absolute Gasteiger partial charge is 0.451 e. The van der Waals surface area contributed by atoms with Crippen LogP contribution in [0.1, 0.15) is 40.1 Å². The van der Waals surface area contributed by atoms with Gasteiger partial charge in [-0.3, -0.25) is 10.1 Å². The van der Waals surface area contributed by atoms with Gasteiger partial charge >= 0.3 is 0 Å². The van der Waals surface area contributed by atoms with E-state index < -0.39 is 0 Å². The van der Waals surface area contributed by atoms with Crippen molar-refractivity contribution < 1.29 is 9.21 Å². The highest BCUT2D eigenvalue weighted by Crippen LogP contribution is 2.30. The number of fused-ring (bicyclic) bond motifs is 2. The van der Waals surface area contributed by atoms with Crippen molar-refractivity contribution in [2.24, 2.45) is 0 Å². The molecule has 0 aliphatic heterocycles. The molecule has 2 aromatic heterocycles. The summed E-state index contributed by atoms with van der Waals surface area (Å²) in [6, 6.07) is 14.3. The second-order valence-electron chi connectivity index (χ2n) is 7.23. The van der Waals surface area contributed by atoms with Crippen molar-refractivity contribution in [2.75, 3.05) is 5.32 Å². The average molecular weight is 388 g/mol. The summed E-state index contributed by atoms with van der Waals surface area (Å²) >= 11 is 1.43. The number of benzene rings is 2. The van der Waals surface area contributed by atoms with Crippen molar-refractivity contribution in [3.8, 4) is 11.3 Å². The monoisotopic (exact) mass is 388 g/mol. The van der Waals surface area contributed by atoms with E-state index in [1.807, 2.05) is 36.6 Å². The third-order valence-electron chi connectivity index (χ3n) is 5.42. The maximum absolute atomic E-state index is 12.7. The Kier molecular flexibility index (Phi) is 4.24. The van der Waals surface area contributed by atoms with Crippen molar-refractivity contribution >= 4 is 33.3 Å². The van der Waals surface area contributed by atoms with Gasteiger partial charge in [-0.15, -0.1) is 11.3 Å². The van der Waals surface area contributed by atoms with Gasteiger partial charge in [-0.2, -0.15) is 0 Å². The highest BCUT2D eigenvalue weighted by molar-refractivity contribution is 7.14. The topological polar surface area (TPSA) is 55.1 Å². The number of nitrogens with one attached hydrogen (secondary N) is 1. The van der Waals surface area contributed by atoms with Gasteiger partial charge in [-0.1, -0.05) is 30.3 Å². The van der Waals surface area contributed by atoms with Crippen LogP contribution in [0.2, 0.25) is 0 Å². The van der Waals surface area contributed by atoms with E-state index in [0.29, 0.717) is 10.9 Å². The number of aryl methyl sites for hydroxylation is 3. The SMILES string of the molecule is Cc1c(C(=O)Nc2nc(-c3ccc4c(c3)CCCC4)cs2)oc2ccccc12. The van der Waals surface area contributed by atoms with Gasteiger partial charge in [-0.25, -0.2) is 4.98 Å². The Bertz CT molecular complexity index is 1190. The lowest BCUT2D eigenvalue weighted by atomic mass is 9.90. The lowest BCUT2D eigenvalue weighted by Gasteiger charge is -2.16. The van der Waals surface area contributed by atoms with Crippen LogP contribution in [0.3, 0.4) is 0 Å². The number of carbonyl (C=O) groups is 1. The van der Waals surface area contributed by atoms with Crippen LogP contribution in [0.15, 0.2) is 52.3 Å². The first-order valence-corrected chi connectivity index (χ1v) is 10.4. The van der Waals surface area contributed by atoms with Crippen LogP contribution in [-0.2, 0) is 12.8 Å². The summed E-state index contributed by atoms with van der Waals surface area (Å²) in [6.07, 6.45) is 4.85. The Morgan fingerprint density at radius 2 is 1.93 bits per heavy atom. The molecule has 0 fully saturated rings. The molecule has 1 aliphatic rings. The van der Waals surface area contributed by atoms with Crippen LogP contribution in [0, 0.1) is 6.92 Å². The molecular formula is C23H20N2O2S. The zero-order valence-corrected chi connectivity index (χ0v) is 16.4. The Balaban J connectivity index is 1.39. The first-order chi connectivity index (χ1) is 13.7. The molecular weight excluding hydrogens is 368 g/mol. The second-order valence-corrected chi connectivity index (χ2v) is 8.09. The molecule has 0 atom stereocenters. The Labute approximate surface area is 167 Å². The number of furan rings is 1. The summed E-state index contributed by atoms with van der Waals surface area (Å²) in [4.78, 5) is 17.3. The number of hydrogen-bond donors (Lipinski definition) is 1. The number of aromatic nitrogens is 1. The number of para-hydroxylation sites is 1. The maximum Gasteiger partial charge on any atom is 0.293 e. The van der Waals surface area contributed by atoms with E-state index in [1.165, 1.54) is 41.7 Å². The quantitative estimate of drug-likeness (QED) is 0.468. The van der Waals surface area contributed by atoms with E-state index in [9.17, 15) is 4.79 Å². The molecule has 0 radical (unpaired) electrons. The second kappa shape index (κ2) is 6.91. The minimum absolute atomic E-state index is 0.264. The number of hydrogen-bond acceptors (Lipinski definition) is 4. The lowest BCUT2D eigenvalue weighted by Crippen LogP contribution is -2.11. The van der Waals surface area contributed by atoms with E-state index in [2.05, 4.69) is 28.5 Å². The van der Waals surface area contributed by atoms with Gasteiger partial charge in [0.1, 0.15) is 5.58 Å². The van der Waals surface area contributed by atoms with Crippen LogP contribution >= 0.6 is 11.3 Å². The fourth-order valence-corrected chi connectivity index (χ4v) is 4.62. The Morgan fingerprint density at radius 3 is 2.79 bits per heavy atom. The first-order valence-electron chi connectivity index (χ1n) is 9.56. The normalized spacial score (nSPS) is 13.5. The smallest absolute Gasteiger partial charge is 0.293 e. The molecule has 2 aromatic carbocycles. The molecule has 0 bridgehead atoms. The Hall–Kier alpha value is -2.92. The molecule has 0 unspecified atom stereocenters. The molecule has 0 saturated heterocycles. The highest BCUT2D eigenvalue weighted by Gasteiger charge is 2.19. The molecule has 0 spiro atoms. The minimum atomic E-state index is -0.264. The number of rotatable bonds is 3. The molecule has 1 aliphatic carbocycles. The van der Waals surface area contributed by atoms with Crippen LogP contribution in [0.4, 0.5) is 5.13 Å². The van der Waals surface area contributed by atoms with E-state index in [0.717, 1.165) is 34.2 Å². The summed E-state index contributed by atoms with van der Waals surface area (Å²) in [5.74, 6) is 0.0757. The third kappa shape index (κ3) is 3.02. The van der Waals surface area contributed by atoms with Crippen molar-refractivity contribution in [1.82, 2.24) is 4.98 Å². The molecule has 2 heterocycles. The Morgan fingerprint density at radius 1 is 1.11 bits per heavy atom. The summed E-state index contributed by atoms with van der Waals surface area (Å²) < 4.78 is 5.75. The molecule has 0 saturated carbocycles. The van der Waals surface area contributed by atoms with Gasteiger partial charge in [0.25, 0.3) is 5.91 Å². The van der Waals surface area contributed by atoms with Gasteiger partial charge in [-0.05, 0) is 55.9 Å². The van der Waals surface area contributed by atoms with E-state index >= 15 is 0 Å². The summed E-state index contributed by atoms with van der Waals surface area (Å²) in [5.41, 5.74) is 6.46. The van der Waals surface area contributed by atoms with E-state index in [4.69, 9.17) is 4.42 Å². The predicted molar refractivity (Wildman–Crippen MR) is 113 cm³/mol. The van der Waals surface area contributed by atoms with E-state index in [-0.39, 0.29) is 5.91 Å². The van der Waals surface area contributed by atoms with Gasteiger partial charge in [0, 0.05) is 21.9 Å². The number of nitrogens with zero attached hydrogens (tertiary/aromatic N) is 1. The summed E-state index contributed by atoms with van der Waals surface area (Å²) in [5, 5.41) is 6.42. The number of amides is 1. The number of carbonyl (C=O) groups excluding carboxylic acids is 1. The molecule has 1 N–H and O–H groups in total. The average Bonchev–Trinajstić information content (AvgIpc) is 3.32. The van der Waals surface area contributed by atoms with Crippen molar-refractivity contribution in [2.45, 2.75) is 32.6 Å². The highest BCUT2D eigenvalue weighted by atomic mass is 32.1. The van der Waals surface area contributed by atoms with E-state index in [1.54, 1.807) is 0 Å². The minimum Gasteiger partial charge on any atom is -0.451 e. The maximum atomic E-state index is 12.7. The van der Waals surface area contributed by atoms with Crippen LogP contribution < -0.4 is 5.32 Å². The molecule has 4 nitrogen and oxygen atoms in total. The first kappa shape index (κ1) is 17.2. The standard InChI is InChI=1S/C23H20N2O2S/c1-14-18-8-4-5-9-20(18)27-21(14)22(26)25-23-24-19(13-28-23)17-11-10-15-6-2-3-7-16(15)12-17/h4-5,8-13H,2-3,6-7H2,1H3,(H,24,25,26). The number of thiazole rings is 1. The number of anilines is 1. The zero-order valence-electron chi connectivity index (χ0n) is 15.6. The molecule has 5 rings (SSSR count). The van der Waals surface area contributed by atoms with Crippen LogP contribution in [0.25, 0.3) is 22.2 Å². The van der Waals surface area contributed by atoms with Crippen molar-refractivity contribution in [3.05, 3.63) is 70.3 Å². The zero-order chi connectivity index (χ0) is 19.1. The third-order valence-corrected chi connectivity index (χ3v) is 6.18. The lowest BCUT2D eigenvalue weighted by molar-refractivity contribution is 0.0998. The van der Waals surface area contributed by atoms with Gasteiger partial charge < -0.3 is 4.42 Å². The molecule has 4 aromatic rings. The van der Waals surface area contributed by atoms with Gasteiger partial charge in [0.2, 0.25) is 0 Å². The van der Waals surface area contributed by atoms with Crippen LogP contribution in [-0.4, -0.2) is 10.9 Å². The van der Waals surface area contributed by atoms with Crippen LogP contribution in [0.5, 0.6) is 0 Å². The van der Waals surface area contributed by atoms with Gasteiger partial charge in [0.05, 0.1) is 5.69 Å². The van der Waals surface area contributed by atoms with Gasteiger partial charge in [0.15, 0.2) is 10.9 Å². The summed E-state index contributed by atoms with van der Waals surface area (Å²) in [7, 11) is 0. The molecule has 140 valence electrons. The predicted octanol–water partition coefficient (Wildman–Crippen LogP) is 6.00. The molecule has 5 heteroatoms. The fraction of sp³-hybridized carbons (Fsp3) is 0.217. The van der Waals surface area contributed by atoms with Crippen molar-refractivity contribution in [3.63, 3.8) is 0 Å². The fourth-order valence-electron chi connectivity index (χ4n) is 3.90. The van der Waals surface area contributed by atoms with Crippen molar-refractivity contribution in [1.29, 1.82) is 0 Å². The molecule has 1 amide bonds. The summed E-state index contributed by atoms with van der Waals surface area (Å²) in [6.45, 7) is 1.90. The molecule has 28 heavy (non-hydrogen) atoms.